The first-order chi connectivity index (χ1) is 13.6. The Labute approximate surface area is 172 Å². The topological polar surface area (TPSA) is 62.7 Å². The number of hydrogen-bond acceptors (Lipinski definition) is 3. The minimum atomic E-state index is -0.464. The molecule has 0 fully saturated rings. The lowest BCUT2D eigenvalue weighted by molar-refractivity contribution is 0.252. The smallest absolute Gasteiger partial charge is 0.339 e. The Morgan fingerprint density at radius 2 is 1.75 bits per heavy atom. The Balaban J connectivity index is 1.51. The third-order valence-electron chi connectivity index (χ3n) is 3.64. The summed E-state index contributed by atoms with van der Waals surface area (Å²) in [6.45, 7) is 0.429. The highest BCUT2D eigenvalue weighted by atomic mass is 35.5. The molecular formula is C21H17Cl2N3O2. The van der Waals surface area contributed by atoms with E-state index in [1.807, 2.05) is 48.5 Å². The maximum atomic E-state index is 11.9. The molecule has 0 radical (unpaired) electrons. The van der Waals surface area contributed by atoms with E-state index in [0.29, 0.717) is 28.1 Å². The quantitative estimate of drug-likeness (QED) is 0.400. The highest BCUT2D eigenvalue weighted by Crippen LogP contribution is 2.16. The van der Waals surface area contributed by atoms with Crippen molar-refractivity contribution in [3.8, 4) is 5.75 Å². The summed E-state index contributed by atoms with van der Waals surface area (Å²) < 4.78 is 5.77. The third-order valence-corrected chi connectivity index (χ3v) is 4.13. The van der Waals surface area contributed by atoms with Crippen molar-refractivity contribution in [2.45, 2.75) is 6.61 Å². The maximum Gasteiger partial charge on any atom is 0.339 e. The first-order valence-electron chi connectivity index (χ1n) is 8.41. The van der Waals surface area contributed by atoms with Crippen molar-refractivity contribution in [1.29, 1.82) is 0 Å². The van der Waals surface area contributed by atoms with E-state index in [0.717, 1.165) is 11.1 Å². The summed E-state index contributed by atoms with van der Waals surface area (Å²) >= 11 is 11.8. The number of nitrogens with zero attached hydrogens (tertiary/aromatic N) is 1. The van der Waals surface area contributed by atoms with Crippen LogP contribution in [0.4, 0.5) is 10.5 Å². The number of rotatable bonds is 6. The van der Waals surface area contributed by atoms with Crippen molar-refractivity contribution in [2.75, 3.05) is 5.32 Å². The number of halogens is 2. The molecule has 0 saturated carbocycles. The molecule has 0 aliphatic carbocycles. The predicted molar refractivity (Wildman–Crippen MR) is 113 cm³/mol. The number of hydrogen-bond donors (Lipinski definition) is 2. The molecule has 2 amide bonds. The van der Waals surface area contributed by atoms with Crippen LogP contribution in [0.3, 0.4) is 0 Å². The van der Waals surface area contributed by atoms with E-state index in [4.69, 9.17) is 27.9 Å². The molecule has 3 aromatic rings. The Kier molecular flexibility index (Phi) is 6.89. The number of nitrogens with one attached hydrogen (secondary N) is 2. The normalized spacial score (nSPS) is 10.6. The Morgan fingerprint density at radius 1 is 0.964 bits per heavy atom. The largest absolute Gasteiger partial charge is 0.489 e. The fourth-order valence-electron chi connectivity index (χ4n) is 2.32. The van der Waals surface area contributed by atoms with Crippen LogP contribution in [0.25, 0.3) is 0 Å². The van der Waals surface area contributed by atoms with Gasteiger partial charge in [-0.15, -0.1) is 0 Å². The summed E-state index contributed by atoms with van der Waals surface area (Å²) in [5.41, 5.74) is 4.79. The first-order valence-corrected chi connectivity index (χ1v) is 9.17. The molecule has 3 rings (SSSR count). The summed E-state index contributed by atoms with van der Waals surface area (Å²) in [4.78, 5) is 11.9. The Morgan fingerprint density at radius 3 is 2.54 bits per heavy atom. The van der Waals surface area contributed by atoms with Crippen molar-refractivity contribution in [2.24, 2.45) is 5.10 Å². The number of anilines is 1. The van der Waals surface area contributed by atoms with E-state index in [1.54, 1.807) is 24.3 Å². The number of ether oxygens (including phenoxy) is 1. The monoisotopic (exact) mass is 413 g/mol. The van der Waals surface area contributed by atoms with Gasteiger partial charge in [0.25, 0.3) is 0 Å². The summed E-state index contributed by atoms with van der Waals surface area (Å²) in [7, 11) is 0. The number of carbonyl (C=O) groups excluding carboxylic acids is 1. The van der Waals surface area contributed by atoms with E-state index in [9.17, 15) is 4.79 Å². The second kappa shape index (κ2) is 9.78. The second-order valence-electron chi connectivity index (χ2n) is 5.82. The summed E-state index contributed by atoms with van der Waals surface area (Å²) in [6, 6.07) is 21.3. The Bertz CT molecular complexity index is 975. The highest BCUT2D eigenvalue weighted by molar-refractivity contribution is 6.31. The van der Waals surface area contributed by atoms with Gasteiger partial charge in [0.1, 0.15) is 12.4 Å². The number of benzene rings is 3. The van der Waals surface area contributed by atoms with E-state index in [-0.39, 0.29) is 0 Å². The molecule has 0 saturated heterocycles. The molecule has 0 atom stereocenters. The molecule has 0 aliphatic heterocycles. The fourth-order valence-corrected chi connectivity index (χ4v) is 2.64. The molecule has 2 N–H and O–H groups in total. The lowest BCUT2D eigenvalue weighted by Crippen LogP contribution is -2.24. The standard InChI is InChI=1S/C21H17Cl2N3O2/c22-17-9-7-15(8-10-17)14-28-20-6-1-3-16(11-20)13-24-26-21(27)25-19-5-2-4-18(23)12-19/h1-13H,14H2,(H2,25,26,27)/b24-13-. The van der Waals surface area contributed by atoms with Crippen LogP contribution in [0.2, 0.25) is 10.0 Å². The van der Waals surface area contributed by atoms with Gasteiger partial charge in [-0.05, 0) is 53.6 Å². The van der Waals surface area contributed by atoms with Gasteiger partial charge < -0.3 is 10.1 Å². The molecule has 0 spiro atoms. The minimum Gasteiger partial charge on any atom is -0.489 e. The van der Waals surface area contributed by atoms with Crippen LogP contribution in [0, 0.1) is 0 Å². The molecule has 0 aliphatic rings. The van der Waals surface area contributed by atoms with Gasteiger partial charge in [-0.3, -0.25) is 0 Å². The van der Waals surface area contributed by atoms with Crippen molar-refractivity contribution >= 4 is 41.1 Å². The van der Waals surface area contributed by atoms with Gasteiger partial charge in [0.05, 0.1) is 6.21 Å². The summed E-state index contributed by atoms with van der Waals surface area (Å²) in [6.07, 6.45) is 1.53. The zero-order chi connectivity index (χ0) is 19.8. The van der Waals surface area contributed by atoms with Gasteiger partial charge in [0, 0.05) is 15.7 Å². The van der Waals surface area contributed by atoms with Gasteiger partial charge in [-0.2, -0.15) is 5.10 Å². The molecule has 0 unspecified atom stereocenters. The van der Waals surface area contributed by atoms with Gasteiger partial charge in [0.15, 0.2) is 0 Å². The fraction of sp³-hybridized carbons (Fsp3) is 0.0476. The van der Waals surface area contributed by atoms with E-state index >= 15 is 0 Å². The lowest BCUT2D eigenvalue weighted by Gasteiger charge is -2.07. The maximum absolute atomic E-state index is 11.9. The average Bonchev–Trinajstić information content (AvgIpc) is 2.68. The summed E-state index contributed by atoms with van der Waals surface area (Å²) in [5.74, 6) is 0.697. The zero-order valence-electron chi connectivity index (χ0n) is 14.7. The lowest BCUT2D eigenvalue weighted by atomic mass is 10.2. The molecule has 5 nitrogen and oxygen atoms in total. The van der Waals surface area contributed by atoms with Crippen LogP contribution in [0.5, 0.6) is 5.75 Å². The number of carbonyl (C=O) groups is 1. The molecule has 0 heterocycles. The van der Waals surface area contributed by atoms with Crippen LogP contribution in [-0.4, -0.2) is 12.2 Å². The number of amides is 2. The Hall–Kier alpha value is -3.02. The van der Waals surface area contributed by atoms with E-state index < -0.39 is 6.03 Å². The van der Waals surface area contributed by atoms with Crippen LogP contribution in [0.15, 0.2) is 77.9 Å². The average molecular weight is 414 g/mol. The van der Waals surface area contributed by atoms with Crippen molar-refractivity contribution in [1.82, 2.24) is 5.43 Å². The minimum absolute atomic E-state index is 0.429. The molecule has 7 heteroatoms. The second-order valence-corrected chi connectivity index (χ2v) is 6.69. The van der Waals surface area contributed by atoms with Crippen molar-refractivity contribution in [3.63, 3.8) is 0 Å². The number of urea groups is 1. The third kappa shape index (κ3) is 6.30. The van der Waals surface area contributed by atoms with Crippen LogP contribution < -0.4 is 15.5 Å². The van der Waals surface area contributed by atoms with Crippen molar-refractivity contribution < 1.29 is 9.53 Å². The molecule has 0 aromatic heterocycles. The van der Waals surface area contributed by atoms with E-state index in [2.05, 4.69) is 15.8 Å². The summed E-state index contributed by atoms with van der Waals surface area (Å²) in [5, 5.41) is 7.81. The van der Waals surface area contributed by atoms with Crippen molar-refractivity contribution in [3.05, 3.63) is 94.0 Å². The zero-order valence-corrected chi connectivity index (χ0v) is 16.2. The predicted octanol–water partition coefficient (Wildman–Crippen LogP) is 5.73. The highest BCUT2D eigenvalue weighted by Gasteiger charge is 2.01. The van der Waals surface area contributed by atoms with Gasteiger partial charge >= 0.3 is 6.03 Å². The molecule has 142 valence electrons. The SMILES string of the molecule is O=C(N/N=C\c1cccc(OCc2ccc(Cl)cc2)c1)Nc1cccc(Cl)c1. The van der Waals surface area contributed by atoms with Crippen LogP contribution in [-0.2, 0) is 6.61 Å². The van der Waals surface area contributed by atoms with Gasteiger partial charge in [0.2, 0.25) is 0 Å². The molecule has 3 aromatic carbocycles. The molecule has 28 heavy (non-hydrogen) atoms. The van der Waals surface area contributed by atoms with E-state index in [1.165, 1.54) is 6.21 Å². The number of hydrazone groups is 1. The molecular weight excluding hydrogens is 397 g/mol. The van der Waals surface area contributed by atoms with Crippen LogP contribution >= 0.6 is 23.2 Å². The van der Waals surface area contributed by atoms with Gasteiger partial charge in [-0.25, -0.2) is 10.2 Å². The van der Waals surface area contributed by atoms with Gasteiger partial charge in [-0.1, -0.05) is 53.5 Å². The first kappa shape index (κ1) is 19.7. The molecule has 0 bridgehead atoms. The van der Waals surface area contributed by atoms with Crippen LogP contribution in [0.1, 0.15) is 11.1 Å².